The molecule has 0 aliphatic rings. The van der Waals surface area contributed by atoms with Crippen molar-refractivity contribution < 1.29 is 9.32 Å². The summed E-state index contributed by atoms with van der Waals surface area (Å²) in [6, 6.07) is 0. The lowest BCUT2D eigenvalue weighted by Gasteiger charge is -1.97. The molecular formula is C8H10N6O2S. The summed E-state index contributed by atoms with van der Waals surface area (Å²) in [5.41, 5.74) is 0. The van der Waals surface area contributed by atoms with Gasteiger partial charge in [-0.25, -0.2) is 0 Å². The second-order valence-electron chi connectivity index (χ2n) is 2.97. The predicted molar refractivity (Wildman–Crippen MR) is 59.5 cm³/mol. The average Bonchev–Trinajstić information content (AvgIpc) is 2.97. The summed E-state index contributed by atoms with van der Waals surface area (Å²) < 4.78 is 4.54. The number of carbonyl (C=O) groups excluding carboxylic acids is 1. The summed E-state index contributed by atoms with van der Waals surface area (Å²) in [5, 5.41) is 17.7. The van der Waals surface area contributed by atoms with Crippen LogP contribution in [0.15, 0.2) is 10.9 Å². The van der Waals surface area contributed by atoms with Crippen LogP contribution in [0.3, 0.4) is 0 Å². The minimum absolute atomic E-state index is 0.200. The molecule has 8 nitrogen and oxygen atoms in total. The SMILES string of the molecule is CCNc1nnc(C(=O)NCc2ncon2)s1. The Balaban J connectivity index is 1.90. The van der Waals surface area contributed by atoms with Crippen LogP contribution in [0.5, 0.6) is 0 Å². The Bertz CT molecular complexity index is 482. The van der Waals surface area contributed by atoms with Gasteiger partial charge >= 0.3 is 0 Å². The van der Waals surface area contributed by atoms with Gasteiger partial charge in [0, 0.05) is 6.54 Å². The fourth-order valence-corrected chi connectivity index (χ4v) is 1.77. The summed E-state index contributed by atoms with van der Waals surface area (Å²) >= 11 is 1.19. The Morgan fingerprint density at radius 1 is 1.53 bits per heavy atom. The van der Waals surface area contributed by atoms with Gasteiger partial charge in [0.05, 0.1) is 6.54 Å². The van der Waals surface area contributed by atoms with Crippen molar-refractivity contribution in [2.24, 2.45) is 0 Å². The van der Waals surface area contributed by atoms with Crippen molar-refractivity contribution in [3.05, 3.63) is 17.2 Å². The summed E-state index contributed by atoms with van der Waals surface area (Å²) in [7, 11) is 0. The van der Waals surface area contributed by atoms with Crippen molar-refractivity contribution in [2.75, 3.05) is 11.9 Å². The number of nitrogens with zero attached hydrogens (tertiary/aromatic N) is 4. The number of nitrogens with one attached hydrogen (secondary N) is 2. The van der Waals surface area contributed by atoms with E-state index in [1.165, 1.54) is 17.7 Å². The van der Waals surface area contributed by atoms with E-state index >= 15 is 0 Å². The third kappa shape index (κ3) is 2.97. The van der Waals surface area contributed by atoms with E-state index in [1.54, 1.807) is 0 Å². The van der Waals surface area contributed by atoms with E-state index in [4.69, 9.17) is 0 Å². The molecule has 0 fully saturated rings. The first-order valence-electron chi connectivity index (χ1n) is 4.90. The number of hydrogen-bond acceptors (Lipinski definition) is 8. The smallest absolute Gasteiger partial charge is 0.282 e. The van der Waals surface area contributed by atoms with Gasteiger partial charge in [0.1, 0.15) is 0 Å². The Hall–Kier alpha value is -2.03. The molecule has 2 aromatic rings. The molecule has 2 N–H and O–H groups in total. The molecule has 0 aromatic carbocycles. The molecule has 17 heavy (non-hydrogen) atoms. The highest BCUT2D eigenvalue weighted by Gasteiger charge is 2.12. The van der Waals surface area contributed by atoms with Gasteiger partial charge in [-0.3, -0.25) is 4.79 Å². The van der Waals surface area contributed by atoms with E-state index in [9.17, 15) is 4.79 Å². The summed E-state index contributed by atoms with van der Waals surface area (Å²) in [6.45, 7) is 2.88. The van der Waals surface area contributed by atoms with E-state index in [2.05, 4.69) is 35.5 Å². The molecule has 2 heterocycles. The lowest BCUT2D eigenvalue weighted by molar-refractivity contribution is 0.0948. The molecule has 0 atom stereocenters. The van der Waals surface area contributed by atoms with Crippen LogP contribution in [0.4, 0.5) is 5.13 Å². The van der Waals surface area contributed by atoms with Gasteiger partial charge in [-0.2, -0.15) is 4.98 Å². The van der Waals surface area contributed by atoms with Gasteiger partial charge < -0.3 is 15.2 Å². The van der Waals surface area contributed by atoms with Crippen LogP contribution in [0, 0.1) is 0 Å². The van der Waals surface area contributed by atoms with Gasteiger partial charge in [0.2, 0.25) is 16.5 Å². The Morgan fingerprint density at radius 3 is 3.12 bits per heavy atom. The summed E-state index contributed by atoms with van der Waals surface area (Å²) in [6.07, 6.45) is 1.20. The normalized spacial score (nSPS) is 10.2. The molecule has 90 valence electrons. The summed E-state index contributed by atoms with van der Waals surface area (Å²) in [5.74, 6) is 0.103. The van der Waals surface area contributed by atoms with Crippen molar-refractivity contribution in [3.63, 3.8) is 0 Å². The van der Waals surface area contributed by atoms with E-state index < -0.39 is 0 Å². The second-order valence-corrected chi connectivity index (χ2v) is 3.95. The van der Waals surface area contributed by atoms with Crippen LogP contribution in [-0.2, 0) is 6.54 Å². The number of anilines is 1. The molecule has 0 saturated heterocycles. The lowest BCUT2D eigenvalue weighted by atomic mass is 10.5. The molecule has 0 saturated carbocycles. The Kier molecular flexibility index (Phi) is 3.60. The highest BCUT2D eigenvalue weighted by atomic mass is 32.1. The average molecular weight is 254 g/mol. The van der Waals surface area contributed by atoms with Crippen molar-refractivity contribution in [2.45, 2.75) is 13.5 Å². The van der Waals surface area contributed by atoms with Gasteiger partial charge in [0.25, 0.3) is 5.91 Å². The number of hydrogen-bond donors (Lipinski definition) is 2. The van der Waals surface area contributed by atoms with Crippen LogP contribution in [0.2, 0.25) is 0 Å². The topological polar surface area (TPSA) is 106 Å². The van der Waals surface area contributed by atoms with Crippen molar-refractivity contribution in [3.8, 4) is 0 Å². The fourth-order valence-electron chi connectivity index (χ4n) is 1.04. The largest absolute Gasteiger partial charge is 0.360 e. The standard InChI is InChI=1S/C8H10N6O2S/c1-2-9-8-13-12-7(17-8)6(15)10-3-5-11-4-16-14-5/h4H,2-3H2,1H3,(H,9,13)(H,10,15). The fraction of sp³-hybridized carbons (Fsp3) is 0.375. The van der Waals surface area contributed by atoms with Crippen LogP contribution in [0.1, 0.15) is 22.6 Å². The zero-order valence-corrected chi connectivity index (χ0v) is 9.82. The predicted octanol–water partition coefficient (Wildman–Crippen LogP) is 0.283. The van der Waals surface area contributed by atoms with Gasteiger partial charge in [0.15, 0.2) is 5.82 Å². The van der Waals surface area contributed by atoms with Crippen LogP contribution >= 0.6 is 11.3 Å². The van der Waals surface area contributed by atoms with E-state index in [-0.39, 0.29) is 12.5 Å². The highest BCUT2D eigenvalue weighted by Crippen LogP contribution is 2.14. The maximum absolute atomic E-state index is 11.6. The second kappa shape index (κ2) is 5.34. The molecule has 9 heteroatoms. The van der Waals surface area contributed by atoms with E-state index in [0.29, 0.717) is 16.0 Å². The van der Waals surface area contributed by atoms with Gasteiger partial charge in [-0.15, -0.1) is 10.2 Å². The first-order chi connectivity index (χ1) is 8.29. The quantitative estimate of drug-likeness (QED) is 0.789. The molecule has 1 amide bonds. The van der Waals surface area contributed by atoms with Crippen LogP contribution in [-0.4, -0.2) is 32.8 Å². The molecule has 0 spiro atoms. The number of aromatic nitrogens is 4. The first-order valence-corrected chi connectivity index (χ1v) is 5.72. The molecule has 0 bridgehead atoms. The van der Waals surface area contributed by atoms with Crippen molar-refractivity contribution in [1.29, 1.82) is 0 Å². The lowest BCUT2D eigenvalue weighted by Crippen LogP contribution is -2.23. The van der Waals surface area contributed by atoms with Crippen LogP contribution < -0.4 is 10.6 Å². The maximum Gasteiger partial charge on any atom is 0.282 e. The minimum Gasteiger partial charge on any atom is -0.360 e. The number of amides is 1. The third-order valence-corrected chi connectivity index (χ3v) is 2.64. The zero-order valence-electron chi connectivity index (χ0n) is 9.01. The number of rotatable bonds is 5. The zero-order chi connectivity index (χ0) is 12.1. The molecule has 0 aliphatic heterocycles. The number of carbonyl (C=O) groups is 1. The Morgan fingerprint density at radius 2 is 2.41 bits per heavy atom. The highest BCUT2D eigenvalue weighted by molar-refractivity contribution is 7.17. The Labute approximate surface area is 100 Å². The van der Waals surface area contributed by atoms with E-state index in [1.807, 2.05) is 6.92 Å². The third-order valence-electron chi connectivity index (χ3n) is 1.76. The van der Waals surface area contributed by atoms with Crippen molar-refractivity contribution >= 4 is 22.4 Å². The molecule has 2 rings (SSSR count). The van der Waals surface area contributed by atoms with E-state index in [0.717, 1.165) is 6.54 Å². The maximum atomic E-state index is 11.6. The molecule has 0 radical (unpaired) electrons. The molecule has 0 unspecified atom stereocenters. The summed E-state index contributed by atoms with van der Waals surface area (Å²) in [4.78, 5) is 15.4. The van der Waals surface area contributed by atoms with Gasteiger partial charge in [-0.1, -0.05) is 16.5 Å². The first kappa shape index (κ1) is 11.5. The molecule has 2 aromatic heterocycles. The van der Waals surface area contributed by atoms with Crippen LogP contribution in [0.25, 0.3) is 0 Å². The molecular weight excluding hydrogens is 244 g/mol. The molecule has 0 aliphatic carbocycles. The van der Waals surface area contributed by atoms with Gasteiger partial charge in [-0.05, 0) is 6.92 Å². The monoisotopic (exact) mass is 254 g/mol. The van der Waals surface area contributed by atoms with Crippen molar-refractivity contribution in [1.82, 2.24) is 25.7 Å². The minimum atomic E-state index is -0.309.